The van der Waals surface area contributed by atoms with Crippen molar-refractivity contribution < 1.29 is 71.5 Å². The van der Waals surface area contributed by atoms with E-state index in [9.17, 15) is 33.6 Å². The Kier molecular flexibility index (Phi) is 32.6. The highest BCUT2D eigenvalue weighted by Gasteiger charge is 2.18. The second-order valence-electron chi connectivity index (χ2n) is 13.8. The molecule has 0 aliphatic heterocycles. The van der Waals surface area contributed by atoms with E-state index in [1.165, 1.54) is 42.3 Å². The van der Waals surface area contributed by atoms with Gasteiger partial charge >= 0.3 is 6.09 Å². The summed E-state index contributed by atoms with van der Waals surface area (Å²) >= 11 is 2.82. The predicted molar refractivity (Wildman–Crippen MR) is 250 cm³/mol. The zero-order chi connectivity index (χ0) is 48.0. The molecule has 66 heavy (non-hydrogen) atoms. The minimum Gasteiger partial charge on any atom is -0.447 e. The summed E-state index contributed by atoms with van der Waals surface area (Å²) in [7, 11) is 0. The molecule has 0 spiro atoms. The zero-order valence-electron chi connectivity index (χ0n) is 38.1. The van der Waals surface area contributed by atoms with Crippen LogP contribution in [0, 0.1) is 0 Å². The molecule has 0 heterocycles. The van der Waals surface area contributed by atoms with Crippen molar-refractivity contribution in [2.75, 3.05) is 153 Å². The second-order valence-corrected chi connectivity index (χ2v) is 16.0. The van der Waals surface area contributed by atoms with Gasteiger partial charge in [0.2, 0.25) is 11.8 Å². The first-order chi connectivity index (χ1) is 32.0. The number of ketones is 2. The van der Waals surface area contributed by atoms with E-state index in [1.807, 2.05) is 6.92 Å². The van der Waals surface area contributed by atoms with Crippen molar-refractivity contribution in [2.45, 2.75) is 20.8 Å². The van der Waals surface area contributed by atoms with Crippen LogP contribution >= 0.6 is 23.5 Å². The molecule has 2 aromatic rings. The number of thioether (sulfide) groups is 2. The average molecular weight is 968 g/mol. The maximum absolute atomic E-state index is 13.0. The number of amides is 5. The molecular weight excluding hydrogens is 903 g/mol. The number of hydrogen-bond acceptors (Lipinski definition) is 17. The third-order valence-electron chi connectivity index (χ3n) is 8.18. The summed E-state index contributed by atoms with van der Waals surface area (Å²) in [6.45, 7) is 9.27. The Morgan fingerprint density at radius 2 is 0.924 bits per heavy atom. The van der Waals surface area contributed by atoms with Crippen LogP contribution in [0.25, 0.3) is 0 Å². The molecule has 0 aliphatic carbocycles. The number of nitrogens with one attached hydrogen (secondary N) is 4. The Morgan fingerprint density at radius 1 is 0.515 bits per heavy atom. The van der Waals surface area contributed by atoms with Gasteiger partial charge in [-0.25, -0.2) is 4.79 Å². The van der Waals surface area contributed by atoms with Gasteiger partial charge in [-0.15, -0.1) is 23.5 Å². The lowest BCUT2D eigenvalue weighted by Gasteiger charge is -2.23. The molecule has 5 amide bonds. The summed E-state index contributed by atoms with van der Waals surface area (Å²) in [5.41, 5.74) is 1.65. The number of ether oxygens (including phenoxy) is 8. The fourth-order valence-electron chi connectivity index (χ4n) is 5.02. The number of nitrogens with zero attached hydrogens (tertiary/aromatic N) is 1. The fourth-order valence-corrected chi connectivity index (χ4v) is 6.29. The highest BCUT2D eigenvalue weighted by atomic mass is 32.2. The van der Waals surface area contributed by atoms with E-state index < -0.39 is 17.9 Å². The lowest BCUT2D eigenvalue weighted by Crippen LogP contribution is -2.45. The first-order valence-electron chi connectivity index (χ1n) is 21.4. The van der Waals surface area contributed by atoms with Crippen LogP contribution in [0.5, 0.6) is 0 Å². The van der Waals surface area contributed by atoms with Crippen molar-refractivity contribution in [3.05, 3.63) is 59.7 Å². The standard InChI is InChI=1S/C44H65N5O15S2/c1-4-57-23-24-64-44(56)49(33-46-43(55)37-7-11-39(12-8-37)48-41(53)32-66-28-26-61-18-16-59-20-22-63-30-35(3)51)14-13-45-42(54)36-5-9-38(10-6-36)47-40(52)31-65-27-25-60-17-15-58-19-21-62-29-34(2)50/h5-12H,4,13-33H2,1-3H3,(H,45,54)(H,46,55)(H,47,52)(H,48,53). The highest BCUT2D eigenvalue weighted by molar-refractivity contribution is 8.00. The summed E-state index contributed by atoms with van der Waals surface area (Å²) in [5.74, 6) is 0.259. The third-order valence-corrected chi connectivity index (χ3v) is 10.0. The van der Waals surface area contributed by atoms with E-state index >= 15 is 0 Å². The van der Waals surface area contributed by atoms with Crippen molar-refractivity contribution in [3.8, 4) is 0 Å². The van der Waals surface area contributed by atoms with Crippen molar-refractivity contribution in [2.24, 2.45) is 0 Å². The molecule has 368 valence electrons. The third kappa shape index (κ3) is 29.8. The van der Waals surface area contributed by atoms with E-state index in [0.717, 1.165) is 0 Å². The molecule has 0 saturated carbocycles. The Balaban J connectivity index is 1.69. The molecule has 0 unspecified atom stereocenters. The monoisotopic (exact) mass is 967 g/mol. The summed E-state index contributed by atoms with van der Waals surface area (Å²) in [5, 5.41) is 11.0. The van der Waals surface area contributed by atoms with Crippen molar-refractivity contribution in [1.29, 1.82) is 0 Å². The largest absolute Gasteiger partial charge is 0.447 e. The highest BCUT2D eigenvalue weighted by Crippen LogP contribution is 2.13. The molecular formula is C44H65N5O15S2. The Labute approximate surface area is 394 Å². The Bertz CT molecular complexity index is 1720. The Morgan fingerprint density at radius 3 is 1.36 bits per heavy atom. The van der Waals surface area contributed by atoms with Gasteiger partial charge in [-0.3, -0.25) is 33.7 Å². The summed E-state index contributed by atoms with van der Waals surface area (Å²) < 4.78 is 42.5. The van der Waals surface area contributed by atoms with Crippen LogP contribution in [-0.2, 0) is 57.1 Å². The molecule has 4 N–H and O–H groups in total. The lowest BCUT2D eigenvalue weighted by atomic mass is 10.2. The van der Waals surface area contributed by atoms with Gasteiger partial charge in [0, 0.05) is 53.7 Å². The van der Waals surface area contributed by atoms with Gasteiger partial charge in [0.05, 0.1) is 90.9 Å². The SMILES string of the molecule is CCOCCOC(=O)N(CCNC(=O)c1ccc(NC(=O)CSCCOCCOCCOCC(C)=O)cc1)CNC(=O)c1ccc(NC(=O)CSCCOCCOCCOCC(C)=O)cc1. The van der Waals surface area contributed by atoms with E-state index in [4.69, 9.17) is 37.9 Å². The zero-order valence-corrected chi connectivity index (χ0v) is 39.7. The molecule has 0 fully saturated rings. The summed E-state index contributed by atoms with van der Waals surface area (Å²) in [6.07, 6.45) is -0.717. The molecule has 2 aromatic carbocycles. The van der Waals surface area contributed by atoms with Gasteiger partial charge in [0.25, 0.3) is 11.8 Å². The van der Waals surface area contributed by atoms with Crippen LogP contribution in [0.2, 0.25) is 0 Å². The fraction of sp³-hybridized carbons (Fsp3) is 0.568. The number of Topliss-reactive ketones (excluding diaryl/α,β-unsaturated/α-hetero) is 2. The van der Waals surface area contributed by atoms with Gasteiger partial charge in [-0.05, 0) is 69.3 Å². The molecule has 0 atom stereocenters. The molecule has 0 radical (unpaired) electrons. The van der Waals surface area contributed by atoms with Crippen molar-refractivity contribution in [3.63, 3.8) is 0 Å². The molecule has 0 aliphatic rings. The average Bonchev–Trinajstić information content (AvgIpc) is 3.29. The molecule has 0 bridgehead atoms. The summed E-state index contributed by atoms with van der Waals surface area (Å²) in [6, 6.07) is 12.6. The van der Waals surface area contributed by atoms with Gasteiger partial charge < -0.3 is 59.2 Å². The van der Waals surface area contributed by atoms with Crippen LogP contribution < -0.4 is 21.3 Å². The van der Waals surface area contributed by atoms with E-state index in [-0.39, 0.29) is 86.6 Å². The second kappa shape index (κ2) is 37.4. The van der Waals surface area contributed by atoms with E-state index in [1.54, 1.807) is 48.5 Å². The van der Waals surface area contributed by atoms with Gasteiger partial charge in [-0.1, -0.05) is 0 Å². The summed E-state index contributed by atoms with van der Waals surface area (Å²) in [4.78, 5) is 86.6. The maximum atomic E-state index is 13.0. The first kappa shape index (κ1) is 57.5. The van der Waals surface area contributed by atoms with Gasteiger partial charge in [0.1, 0.15) is 19.8 Å². The minimum absolute atomic E-state index is 0.00498. The minimum atomic E-state index is -0.717. The molecule has 20 nitrogen and oxygen atoms in total. The number of carbonyl (C=O) groups is 7. The van der Waals surface area contributed by atoms with Gasteiger partial charge in [0.15, 0.2) is 11.6 Å². The number of rotatable bonds is 39. The number of benzene rings is 2. The smallest absolute Gasteiger partial charge is 0.411 e. The normalized spacial score (nSPS) is 10.8. The van der Waals surface area contributed by atoms with Crippen molar-refractivity contribution >= 4 is 76.2 Å². The number of hydrogen-bond donors (Lipinski definition) is 4. The van der Waals surface area contributed by atoms with Crippen LogP contribution in [0.1, 0.15) is 41.5 Å². The number of anilines is 2. The number of carbonyl (C=O) groups excluding carboxylic acids is 7. The molecule has 22 heteroatoms. The lowest BCUT2D eigenvalue weighted by molar-refractivity contribution is -0.122. The van der Waals surface area contributed by atoms with E-state index in [0.29, 0.717) is 101 Å². The maximum Gasteiger partial charge on any atom is 0.411 e. The first-order valence-corrected chi connectivity index (χ1v) is 23.8. The molecule has 2 rings (SSSR count). The van der Waals surface area contributed by atoms with Crippen LogP contribution in [0.3, 0.4) is 0 Å². The van der Waals surface area contributed by atoms with Crippen LogP contribution in [0.15, 0.2) is 48.5 Å². The van der Waals surface area contributed by atoms with Crippen LogP contribution in [0.4, 0.5) is 16.2 Å². The van der Waals surface area contributed by atoms with Gasteiger partial charge in [-0.2, -0.15) is 0 Å². The topological polar surface area (TPSA) is 245 Å². The van der Waals surface area contributed by atoms with Crippen LogP contribution in [-0.4, -0.2) is 188 Å². The predicted octanol–water partition coefficient (Wildman–Crippen LogP) is 2.90. The molecule has 0 aromatic heterocycles. The van der Waals surface area contributed by atoms with Crippen molar-refractivity contribution in [1.82, 2.24) is 15.5 Å². The van der Waals surface area contributed by atoms with E-state index in [2.05, 4.69) is 21.3 Å². The quantitative estimate of drug-likeness (QED) is 0.0556. The Hall–Kier alpha value is -4.65. The molecule has 0 saturated heterocycles.